The van der Waals surface area contributed by atoms with Gasteiger partial charge < -0.3 is 5.11 Å². The third kappa shape index (κ3) is 3.12. The number of aryl methyl sites for hydroxylation is 1. The summed E-state index contributed by atoms with van der Waals surface area (Å²) in [6, 6.07) is 12.3. The van der Waals surface area contributed by atoms with Crippen molar-refractivity contribution in [3.8, 4) is 0 Å². The number of nitrogens with zero attached hydrogens (tertiary/aromatic N) is 3. The Hall–Kier alpha value is -2.76. The normalized spacial score (nSPS) is 14.1. The average molecular weight is 339 g/mol. The molecule has 1 aromatic heterocycles. The number of aromatic nitrogens is 3. The maximum atomic E-state index is 14.1. The van der Waals surface area contributed by atoms with Crippen LogP contribution in [0.1, 0.15) is 42.1 Å². The summed E-state index contributed by atoms with van der Waals surface area (Å²) in [6.45, 7) is 0.291. The van der Waals surface area contributed by atoms with Gasteiger partial charge in [-0.25, -0.2) is 0 Å². The first kappa shape index (κ1) is 15.7. The molecular formula is C19H18FN3O2. The topological polar surface area (TPSA) is 68.0 Å². The van der Waals surface area contributed by atoms with Crippen LogP contribution in [0.15, 0.2) is 36.4 Å². The SMILES string of the molecule is O=C(O)CCc1nnc(F)n1Cc1ccc(C2CC2)c2ccccc12. The second-order valence-electron chi connectivity index (χ2n) is 6.50. The number of rotatable bonds is 6. The van der Waals surface area contributed by atoms with Crippen LogP contribution >= 0.6 is 0 Å². The number of benzene rings is 2. The van der Waals surface area contributed by atoms with Gasteiger partial charge in [-0.3, -0.25) is 9.36 Å². The van der Waals surface area contributed by atoms with Crippen LogP contribution in [-0.2, 0) is 17.8 Å². The van der Waals surface area contributed by atoms with Gasteiger partial charge >= 0.3 is 12.0 Å². The molecule has 1 aliphatic carbocycles. The molecular weight excluding hydrogens is 321 g/mol. The summed E-state index contributed by atoms with van der Waals surface area (Å²) in [6.07, 6.45) is 1.82. The summed E-state index contributed by atoms with van der Waals surface area (Å²) in [5, 5.41) is 18.4. The van der Waals surface area contributed by atoms with Gasteiger partial charge in [-0.1, -0.05) is 41.5 Å². The molecule has 0 radical (unpaired) electrons. The van der Waals surface area contributed by atoms with Crippen LogP contribution in [0.5, 0.6) is 0 Å². The molecule has 0 saturated heterocycles. The predicted octanol–water partition coefficient (Wildman–Crippen LogP) is 3.51. The molecule has 0 atom stereocenters. The molecule has 1 fully saturated rings. The van der Waals surface area contributed by atoms with E-state index in [0.29, 0.717) is 18.3 Å². The molecule has 1 aliphatic rings. The van der Waals surface area contributed by atoms with Gasteiger partial charge in [0.2, 0.25) is 0 Å². The molecule has 0 amide bonds. The van der Waals surface area contributed by atoms with Gasteiger partial charge in [0.05, 0.1) is 13.0 Å². The van der Waals surface area contributed by atoms with Crippen molar-refractivity contribution in [3.63, 3.8) is 0 Å². The van der Waals surface area contributed by atoms with Crippen LogP contribution < -0.4 is 0 Å². The van der Waals surface area contributed by atoms with E-state index in [0.717, 1.165) is 10.9 Å². The Morgan fingerprint density at radius 1 is 1.16 bits per heavy atom. The van der Waals surface area contributed by atoms with E-state index in [1.807, 2.05) is 18.2 Å². The molecule has 0 aliphatic heterocycles. The van der Waals surface area contributed by atoms with E-state index < -0.39 is 12.0 Å². The second kappa shape index (κ2) is 6.27. The predicted molar refractivity (Wildman–Crippen MR) is 91.0 cm³/mol. The number of halogens is 1. The van der Waals surface area contributed by atoms with Gasteiger partial charge in [0, 0.05) is 6.42 Å². The average Bonchev–Trinajstić information content (AvgIpc) is 3.39. The lowest BCUT2D eigenvalue weighted by molar-refractivity contribution is -0.137. The first-order valence-corrected chi connectivity index (χ1v) is 8.43. The highest BCUT2D eigenvalue weighted by Crippen LogP contribution is 2.43. The molecule has 128 valence electrons. The summed E-state index contributed by atoms with van der Waals surface area (Å²) in [4.78, 5) is 10.8. The molecule has 1 heterocycles. The number of aliphatic carboxylic acids is 1. The minimum Gasteiger partial charge on any atom is -0.481 e. The fourth-order valence-electron chi connectivity index (χ4n) is 3.32. The highest BCUT2D eigenvalue weighted by Gasteiger charge is 2.25. The van der Waals surface area contributed by atoms with E-state index in [9.17, 15) is 9.18 Å². The van der Waals surface area contributed by atoms with Crippen molar-refractivity contribution >= 4 is 16.7 Å². The zero-order valence-electron chi connectivity index (χ0n) is 13.7. The van der Waals surface area contributed by atoms with E-state index in [4.69, 9.17) is 5.11 Å². The van der Waals surface area contributed by atoms with E-state index in [1.54, 1.807) is 0 Å². The van der Waals surface area contributed by atoms with Crippen molar-refractivity contribution in [2.45, 2.75) is 38.1 Å². The largest absolute Gasteiger partial charge is 0.481 e. The Kier molecular flexibility index (Phi) is 3.95. The van der Waals surface area contributed by atoms with Gasteiger partial charge in [-0.05, 0) is 40.7 Å². The smallest absolute Gasteiger partial charge is 0.309 e. The third-order valence-electron chi connectivity index (χ3n) is 4.74. The highest BCUT2D eigenvalue weighted by atomic mass is 19.1. The summed E-state index contributed by atoms with van der Waals surface area (Å²) >= 11 is 0. The van der Waals surface area contributed by atoms with Crippen LogP contribution in [0.2, 0.25) is 0 Å². The van der Waals surface area contributed by atoms with Gasteiger partial charge in [-0.2, -0.15) is 4.39 Å². The second-order valence-corrected chi connectivity index (χ2v) is 6.50. The van der Waals surface area contributed by atoms with Crippen molar-refractivity contribution in [1.82, 2.24) is 14.8 Å². The minimum absolute atomic E-state index is 0.0977. The fourth-order valence-corrected chi connectivity index (χ4v) is 3.32. The number of carboxylic acids is 1. The van der Waals surface area contributed by atoms with E-state index in [-0.39, 0.29) is 12.8 Å². The Bertz CT molecular complexity index is 947. The molecule has 25 heavy (non-hydrogen) atoms. The van der Waals surface area contributed by atoms with E-state index >= 15 is 0 Å². The standard InChI is InChI=1S/C19H18FN3O2/c20-19-22-21-17(9-10-18(24)25)23(19)11-13-7-8-15(12-5-6-12)16-4-2-1-3-14(13)16/h1-4,7-8,12H,5-6,9-11H2,(H,24,25). The molecule has 0 spiro atoms. The lowest BCUT2D eigenvalue weighted by Gasteiger charge is -2.13. The number of carboxylic acid groups (broad SMARTS) is 1. The number of carbonyl (C=O) groups is 1. The minimum atomic E-state index is -0.936. The molecule has 2 aromatic carbocycles. The number of hydrogen-bond acceptors (Lipinski definition) is 3. The van der Waals surface area contributed by atoms with Gasteiger partial charge in [0.25, 0.3) is 0 Å². The van der Waals surface area contributed by atoms with Crippen molar-refractivity contribution in [2.24, 2.45) is 0 Å². The Labute approximate surface area is 144 Å². The molecule has 0 unspecified atom stereocenters. The summed E-state index contributed by atoms with van der Waals surface area (Å²) in [5.41, 5.74) is 2.34. The lowest BCUT2D eigenvalue weighted by Crippen LogP contribution is -2.10. The summed E-state index contributed by atoms with van der Waals surface area (Å²) < 4.78 is 15.4. The zero-order chi connectivity index (χ0) is 17.4. The third-order valence-corrected chi connectivity index (χ3v) is 4.74. The number of fused-ring (bicyclic) bond motifs is 1. The first-order valence-electron chi connectivity index (χ1n) is 8.43. The molecule has 0 bridgehead atoms. The number of hydrogen-bond donors (Lipinski definition) is 1. The molecule has 3 aromatic rings. The molecule has 6 heteroatoms. The van der Waals surface area contributed by atoms with Crippen LogP contribution in [-0.4, -0.2) is 25.8 Å². The van der Waals surface area contributed by atoms with Crippen LogP contribution in [0, 0.1) is 6.08 Å². The van der Waals surface area contributed by atoms with Crippen molar-refractivity contribution in [1.29, 1.82) is 0 Å². The first-order chi connectivity index (χ1) is 12.1. The van der Waals surface area contributed by atoms with E-state index in [1.165, 1.54) is 28.4 Å². The van der Waals surface area contributed by atoms with Gasteiger partial charge in [-0.15, -0.1) is 5.10 Å². The van der Waals surface area contributed by atoms with Crippen molar-refractivity contribution in [2.75, 3.05) is 0 Å². The Morgan fingerprint density at radius 2 is 1.92 bits per heavy atom. The Morgan fingerprint density at radius 3 is 2.64 bits per heavy atom. The Balaban J connectivity index is 1.71. The maximum absolute atomic E-state index is 14.1. The zero-order valence-corrected chi connectivity index (χ0v) is 13.7. The quantitative estimate of drug-likeness (QED) is 0.746. The van der Waals surface area contributed by atoms with Crippen molar-refractivity contribution < 1.29 is 14.3 Å². The van der Waals surface area contributed by atoms with Crippen LogP contribution in [0.4, 0.5) is 4.39 Å². The molecule has 4 rings (SSSR count). The van der Waals surface area contributed by atoms with E-state index in [2.05, 4.69) is 28.4 Å². The summed E-state index contributed by atoms with van der Waals surface area (Å²) in [7, 11) is 0. The lowest BCUT2D eigenvalue weighted by atomic mass is 9.97. The summed E-state index contributed by atoms with van der Waals surface area (Å²) in [5.74, 6) is 0.0566. The van der Waals surface area contributed by atoms with Crippen LogP contribution in [0.3, 0.4) is 0 Å². The van der Waals surface area contributed by atoms with Gasteiger partial charge in [0.15, 0.2) is 0 Å². The van der Waals surface area contributed by atoms with Crippen LogP contribution in [0.25, 0.3) is 10.8 Å². The van der Waals surface area contributed by atoms with Gasteiger partial charge in [0.1, 0.15) is 5.82 Å². The monoisotopic (exact) mass is 339 g/mol. The molecule has 1 N–H and O–H groups in total. The molecule has 1 saturated carbocycles. The van der Waals surface area contributed by atoms with Crippen molar-refractivity contribution in [3.05, 3.63) is 59.4 Å². The maximum Gasteiger partial charge on any atom is 0.309 e. The highest BCUT2D eigenvalue weighted by molar-refractivity contribution is 5.89. The fraction of sp³-hybridized carbons (Fsp3) is 0.316. The molecule has 5 nitrogen and oxygen atoms in total.